The van der Waals surface area contributed by atoms with Crippen molar-refractivity contribution in [3.63, 3.8) is 0 Å². The molecule has 1 aliphatic carbocycles. The average molecular weight is 328 g/mol. The first kappa shape index (κ1) is 16.3. The second-order valence-electron chi connectivity index (χ2n) is 6.41. The molecule has 0 unspecified atom stereocenters. The maximum absolute atomic E-state index is 12.3. The number of carbonyl (C=O) groups is 1. The van der Waals surface area contributed by atoms with E-state index in [1.807, 2.05) is 36.2 Å². The van der Waals surface area contributed by atoms with E-state index < -0.39 is 0 Å². The Morgan fingerprint density at radius 3 is 2.78 bits per heavy atom. The van der Waals surface area contributed by atoms with Crippen LogP contribution in [0.2, 0.25) is 0 Å². The van der Waals surface area contributed by atoms with Gasteiger partial charge in [-0.15, -0.1) is 0 Å². The van der Waals surface area contributed by atoms with Gasteiger partial charge in [-0.05, 0) is 30.9 Å². The van der Waals surface area contributed by atoms with Crippen LogP contribution in [0, 0.1) is 5.92 Å². The first-order chi connectivity index (χ1) is 11.2. The van der Waals surface area contributed by atoms with Crippen molar-refractivity contribution in [3.05, 3.63) is 36.4 Å². The van der Waals surface area contributed by atoms with Crippen LogP contribution in [0.1, 0.15) is 32.1 Å². The van der Waals surface area contributed by atoms with E-state index in [0.29, 0.717) is 11.7 Å². The highest BCUT2D eigenvalue weighted by atomic mass is 32.2. The van der Waals surface area contributed by atoms with Gasteiger partial charge in [0.15, 0.2) is 0 Å². The second-order valence-corrected chi connectivity index (χ2v) is 7.40. The molecule has 4 heteroatoms. The van der Waals surface area contributed by atoms with Crippen LogP contribution >= 0.6 is 11.8 Å². The van der Waals surface area contributed by atoms with Crippen LogP contribution in [0.15, 0.2) is 41.4 Å². The minimum Gasteiger partial charge on any atom is -0.345 e. The number of fused-ring (bicyclic) bond motifs is 1. The molecule has 0 radical (unpaired) electrons. The van der Waals surface area contributed by atoms with Crippen LogP contribution < -0.4 is 0 Å². The lowest BCUT2D eigenvalue weighted by Crippen LogP contribution is -2.33. The molecule has 0 saturated heterocycles. The third-order valence-corrected chi connectivity index (χ3v) is 5.51. The van der Waals surface area contributed by atoms with E-state index in [9.17, 15) is 4.79 Å². The van der Waals surface area contributed by atoms with Gasteiger partial charge in [0.05, 0.1) is 16.3 Å². The van der Waals surface area contributed by atoms with E-state index >= 15 is 0 Å². The van der Waals surface area contributed by atoms with Crippen LogP contribution in [-0.2, 0) is 4.79 Å². The van der Waals surface area contributed by atoms with Gasteiger partial charge < -0.3 is 4.90 Å². The summed E-state index contributed by atoms with van der Waals surface area (Å²) < 4.78 is 0. The summed E-state index contributed by atoms with van der Waals surface area (Å²) in [6.07, 6.45) is 6.55. The maximum atomic E-state index is 12.3. The van der Waals surface area contributed by atoms with Crippen LogP contribution in [0.4, 0.5) is 0 Å². The lowest BCUT2D eigenvalue weighted by Gasteiger charge is -2.27. The molecule has 0 atom stereocenters. The molecule has 23 heavy (non-hydrogen) atoms. The fourth-order valence-corrected chi connectivity index (χ4v) is 4.05. The number of carbonyl (C=O) groups excluding carboxylic acids is 1. The minimum absolute atomic E-state index is 0.204. The minimum atomic E-state index is 0.204. The fourth-order valence-electron chi connectivity index (χ4n) is 3.23. The molecular weight excluding hydrogens is 304 g/mol. The Labute approximate surface area is 142 Å². The first-order valence-electron chi connectivity index (χ1n) is 8.45. The predicted octanol–water partition coefficient (Wildman–Crippen LogP) is 4.37. The summed E-state index contributed by atoms with van der Waals surface area (Å²) in [7, 11) is 1.94. The zero-order valence-electron chi connectivity index (χ0n) is 13.7. The Balaban J connectivity index is 1.52. The van der Waals surface area contributed by atoms with Crippen LogP contribution in [0.25, 0.3) is 10.9 Å². The number of pyridine rings is 1. The third kappa shape index (κ3) is 4.47. The Kier molecular flexibility index (Phi) is 5.55. The molecule has 3 nitrogen and oxygen atoms in total. The monoisotopic (exact) mass is 328 g/mol. The van der Waals surface area contributed by atoms with E-state index in [1.165, 1.54) is 43.9 Å². The Hall–Kier alpha value is -1.55. The van der Waals surface area contributed by atoms with Crippen molar-refractivity contribution in [1.82, 2.24) is 9.88 Å². The number of nitrogens with zero attached hydrogens (tertiary/aromatic N) is 2. The van der Waals surface area contributed by atoms with Gasteiger partial charge in [0, 0.05) is 19.0 Å². The van der Waals surface area contributed by atoms with Gasteiger partial charge in [-0.25, -0.2) is 4.98 Å². The predicted molar refractivity (Wildman–Crippen MR) is 96.7 cm³/mol. The molecule has 1 amide bonds. The lowest BCUT2D eigenvalue weighted by atomic mass is 9.89. The molecule has 1 aliphatic rings. The quantitative estimate of drug-likeness (QED) is 0.764. The zero-order valence-corrected chi connectivity index (χ0v) is 14.5. The van der Waals surface area contributed by atoms with Gasteiger partial charge in [0.25, 0.3) is 0 Å². The number of hydrogen-bond donors (Lipinski definition) is 0. The Morgan fingerprint density at radius 2 is 1.96 bits per heavy atom. The van der Waals surface area contributed by atoms with Gasteiger partial charge >= 0.3 is 0 Å². The molecule has 1 aromatic carbocycles. The van der Waals surface area contributed by atoms with Crippen molar-refractivity contribution in [1.29, 1.82) is 0 Å². The number of amides is 1. The summed E-state index contributed by atoms with van der Waals surface area (Å²) in [4.78, 5) is 18.9. The summed E-state index contributed by atoms with van der Waals surface area (Å²) in [5.74, 6) is 1.37. The van der Waals surface area contributed by atoms with Gasteiger partial charge in [0.2, 0.25) is 5.91 Å². The molecule has 1 fully saturated rings. The summed E-state index contributed by atoms with van der Waals surface area (Å²) in [5, 5.41) is 2.06. The topological polar surface area (TPSA) is 33.2 Å². The lowest BCUT2D eigenvalue weighted by molar-refractivity contribution is -0.127. The third-order valence-electron chi connectivity index (χ3n) is 4.60. The Morgan fingerprint density at radius 1 is 1.17 bits per heavy atom. The number of para-hydroxylation sites is 1. The number of hydrogen-bond acceptors (Lipinski definition) is 3. The van der Waals surface area contributed by atoms with Crippen LogP contribution in [0.5, 0.6) is 0 Å². The van der Waals surface area contributed by atoms with Crippen molar-refractivity contribution >= 4 is 28.6 Å². The summed E-state index contributed by atoms with van der Waals surface area (Å²) in [6.45, 7) is 0.907. The summed E-state index contributed by atoms with van der Waals surface area (Å²) in [6, 6.07) is 12.1. The van der Waals surface area contributed by atoms with Crippen LogP contribution in [-0.4, -0.2) is 35.1 Å². The van der Waals surface area contributed by atoms with Crippen molar-refractivity contribution in [3.8, 4) is 0 Å². The van der Waals surface area contributed by atoms with Crippen molar-refractivity contribution < 1.29 is 4.79 Å². The molecule has 1 aromatic heterocycles. The SMILES string of the molecule is CN(CC1CCCCC1)C(=O)CSc1ccc2ccccc2n1. The molecular formula is C19H24N2OS. The standard InChI is InChI=1S/C19H24N2OS/c1-21(13-15-7-3-2-4-8-15)19(22)14-23-18-12-11-16-9-5-6-10-17(16)20-18/h5-6,9-12,15H,2-4,7-8,13-14H2,1H3. The van der Waals surface area contributed by atoms with Crippen LogP contribution in [0.3, 0.4) is 0 Å². The Bertz CT molecular complexity index is 667. The molecule has 0 aliphatic heterocycles. The number of aromatic nitrogens is 1. The van der Waals surface area contributed by atoms with E-state index in [0.717, 1.165) is 22.5 Å². The molecule has 1 saturated carbocycles. The van der Waals surface area contributed by atoms with Gasteiger partial charge in [-0.2, -0.15) is 0 Å². The first-order valence-corrected chi connectivity index (χ1v) is 9.43. The van der Waals surface area contributed by atoms with Crippen molar-refractivity contribution in [2.45, 2.75) is 37.1 Å². The highest BCUT2D eigenvalue weighted by molar-refractivity contribution is 7.99. The molecule has 0 N–H and O–H groups in total. The van der Waals surface area contributed by atoms with E-state index in [2.05, 4.69) is 17.1 Å². The van der Waals surface area contributed by atoms with E-state index in [1.54, 1.807) is 0 Å². The molecule has 122 valence electrons. The highest BCUT2D eigenvalue weighted by Crippen LogP contribution is 2.25. The fraction of sp³-hybridized carbons (Fsp3) is 0.474. The largest absolute Gasteiger partial charge is 0.345 e. The normalized spacial score (nSPS) is 15.7. The van der Waals surface area contributed by atoms with E-state index in [-0.39, 0.29) is 5.91 Å². The molecule has 0 spiro atoms. The highest BCUT2D eigenvalue weighted by Gasteiger charge is 2.18. The maximum Gasteiger partial charge on any atom is 0.232 e. The summed E-state index contributed by atoms with van der Waals surface area (Å²) in [5.41, 5.74) is 0.987. The average Bonchev–Trinajstić information content (AvgIpc) is 2.60. The smallest absolute Gasteiger partial charge is 0.232 e. The van der Waals surface area contributed by atoms with Gasteiger partial charge in [0.1, 0.15) is 0 Å². The van der Waals surface area contributed by atoms with E-state index in [4.69, 9.17) is 0 Å². The number of thioether (sulfide) groups is 1. The molecule has 2 aromatic rings. The second kappa shape index (κ2) is 7.82. The van der Waals surface area contributed by atoms with Gasteiger partial charge in [-0.3, -0.25) is 4.79 Å². The van der Waals surface area contributed by atoms with Crippen molar-refractivity contribution in [2.75, 3.05) is 19.3 Å². The molecule has 1 heterocycles. The molecule has 3 rings (SSSR count). The number of benzene rings is 1. The number of rotatable bonds is 5. The zero-order chi connectivity index (χ0) is 16.1. The van der Waals surface area contributed by atoms with Crippen molar-refractivity contribution in [2.24, 2.45) is 5.92 Å². The molecule has 0 bridgehead atoms. The summed E-state index contributed by atoms with van der Waals surface area (Å²) >= 11 is 1.53. The van der Waals surface area contributed by atoms with Gasteiger partial charge in [-0.1, -0.05) is 55.3 Å².